The molecule has 5 rings (SSSR count). The molecule has 0 aromatic carbocycles. The van der Waals surface area contributed by atoms with E-state index in [1.165, 1.54) is 0 Å². The van der Waals surface area contributed by atoms with Crippen molar-refractivity contribution < 1.29 is 34.0 Å². The van der Waals surface area contributed by atoms with E-state index in [1.807, 2.05) is 0 Å². The Labute approximate surface area is 164 Å². The van der Waals surface area contributed by atoms with E-state index in [-0.39, 0.29) is 36.2 Å². The lowest BCUT2D eigenvalue weighted by Crippen LogP contribution is -2.70. The number of Topliss-reactive ketones (excluding diaryl/α,β-unsaturated/α-hetero) is 1. The number of aliphatic hydroxyl groups excluding tert-OH is 2. The molecule has 0 aromatic heterocycles. The molecule has 1 unspecified atom stereocenters. The van der Waals surface area contributed by atoms with Crippen LogP contribution in [0, 0.1) is 39.9 Å². The Hall–Kier alpha value is -1.02. The van der Waals surface area contributed by atoms with E-state index >= 15 is 0 Å². The molecule has 156 valence electrons. The summed E-state index contributed by atoms with van der Waals surface area (Å²) in [6, 6.07) is 0. The number of fused-ring (bicyclic) bond motifs is 1. The van der Waals surface area contributed by atoms with Crippen LogP contribution in [0.5, 0.6) is 0 Å². The lowest BCUT2D eigenvalue weighted by molar-refractivity contribution is -0.251. The third-order valence-electron chi connectivity index (χ3n) is 8.79. The van der Waals surface area contributed by atoms with Gasteiger partial charge in [-0.15, -0.1) is 0 Å². The maximum absolute atomic E-state index is 13.6. The van der Waals surface area contributed by atoms with Crippen molar-refractivity contribution in [2.24, 2.45) is 39.9 Å². The van der Waals surface area contributed by atoms with Crippen molar-refractivity contribution in [1.82, 2.24) is 0 Å². The zero-order valence-corrected chi connectivity index (χ0v) is 16.7. The molecular weight excluding hydrogens is 364 g/mol. The van der Waals surface area contributed by atoms with Gasteiger partial charge in [0.1, 0.15) is 11.5 Å². The molecule has 5 fully saturated rings. The summed E-state index contributed by atoms with van der Waals surface area (Å²) in [5.74, 6) is -2.00. The van der Waals surface area contributed by atoms with Gasteiger partial charge in [-0.2, -0.15) is 0 Å². The van der Waals surface area contributed by atoms with Crippen LogP contribution < -0.4 is 0 Å². The number of ether oxygens (including phenoxy) is 3. The van der Waals surface area contributed by atoms with E-state index in [0.717, 1.165) is 6.42 Å². The fourth-order valence-corrected chi connectivity index (χ4v) is 7.92. The number of aliphatic hydroxyl groups is 2. The normalized spacial score (nSPS) is 54.0. The van der Waals surface area contributed by atoms with Crippen molar-refractivity contribution in [3.8, 4) is 0 Å². The van der Waals surface area contributed by atoms with Crippen LogP contribution in [0.1, 0.15) is 39.5 Å². The van der Waals surface area contributed by atoms with Crippen molar-refractivity contribution in [3.05, 3.63) is 0 Å². The largest absolute Gasteiger partial charge is 0.461 e. The Morgan fingerprint density at radius 2 is 1.96 bits per heavy atom. The van der Waals surface area contributed by atoms with Gasteiger partial charge in [-0.3, -0.25) is 9.59 Å². The molecule has 2 N–H and O–H groups in total. The standard InChI is InChI=1S/C21H30O7/c1-19(2)5-4-13-21(9-27-17(24)15(19)21)14-12(22)6-10-7-20(14,18(25)28-13)16(23)11(10)8-26-3/h10-15,17,22,24H,4-9H2,1-3H3/t10-,11+,12+,13-,14+,15+,17+,20-,21?/m0/s1. The van der Waals surface area contributed by atoms with E-state index < -0.39 is 47.1 Å². The molecule has 0 amide bonds. The second-order valence-electron chi connectivity index (χ2n) is 10.4. The smallest absolute Gasteiger partial charge is 0.320 e. The number of hydrogen-bond acceptors (Lipinski definition) is 7. The number of hydrogen-bond donors (Lipinski definition) is 2. The summed E-state index contributed by atoms with van der Waals surface area (Å²) in [5, 5.41) is 22.1. The van der Waals surface area contributed by atoms with Crippen LogP contribution in [-0.4, -0.2) is 60.8 Å². The summed E-state index contributed by atoms with van der Waals surface area (Å²) in [5.41, 5.74) is -2.33. The number of carbonyl (C=O) groups excluding carboxylic acids is 2. The lowest BCUT2D eigenvalue weighted by Gasteiger charge is -2.62. The van der Waals surface area contributed by atoms with E-state index in [0.29, 0.717) is 19.3 Å². The number of rotatable bonds is 2. The summed E-state index contributed by atoms with van der Waals surface area (Å²) >= 11 is 0. The molecule has 5 aliphatic rings. The molecule has 2 aliphatic heterocycles. The van der Waals surface area contributed by atoms with Gasteiger partial charge in [0.25, 0.3) is 0 Å². The summed E-state index contributed by atoms with van der Waals surface area (Å²) in [7, 11) is 1.55. The Bertz CT molecular complexity index is 720. The van der Waals surface area contributed by atoms with Crippen LogP contribution in [-0.2, 0) is 23.8 Å². The van der Waals surface area contributed by atoms with Crippen LogP contribution in [0.4, 0.5) is 0 Å². The zero-order chi connectivity index (χ0) is 20.1. The van der Waals surface area contributed by atoms with Gasteiger partial charge in [-0.1, -0.05) is 13.8 Å². The van der Waals surface area contributed by atoms with Gasteiger partial charge < -0.3 is 24.4 Å². The van der Waals surface area contributed by atoms with Crippen molar-refractivity contribution in [1.29, 1.82) is 0 Å². The van der Waals surface area contributed by atoms with E-state index in [1.54, 1.807) is 7.11 Å². The molecule has 28 heavy (non-hydrogen) atoms. The first-order chi connectivity index (χ1) is 13.2. The Kier molecular flexibility index (Phi) is 3.91. The van der Waals surface area contributed by atoms with Crippen molar-refractivity contribution in [3.63, 3.8) is 0 Å². The average Bonchev–Trinajstić information content (AvgIpc) is 3.08. The molecule has 7 heteroatoms. The van der Waals surface area contributed by atoms with Crippen molar-refractivity contribution in [2.75, 3.05) is 20.3 Å². The molecule has 0 aromatic rings. The van der Waals surface area contributed by atoms with Gasteiger partial charge in [0.15, 0.2) is 12.1 Å². The highest BCUT2D eigenvalue weighted by atomic mass is 16.6. The summed E-state index contributed by atoms with van der Waals surface area (Å²) in [4.78, 5) is 26.9. The molecule has 2 spiro atoms. The van der Waals surface area contributed by atoms with Gasteiger partial charge in [0, 0.05) is 30.3 Å². The Morgan fingerprint density at radius 3 is 2.68 bits per heavy atom. The van der Waals surface area contributed by atoms with Crippen LogP contribution in [0.2, 0.25) is 0 Å². The number of carbonyl (C=O) groups is 2. The highest BCUT2D eigenvalue weighted by Crippen LogP contribution is 2.71. The van der Waals surface area contributed by atoms with E-state index in [4.69, 9.17) is 14.2 Å². The first-order valence-electron chi connectivity index (χ1n) is 10.4. The fourth-order valence-electron chi connectivity index (χ4n) is 7.92. The zero-order valence-electron chi connectivity index (χ0n) is 16.7. The van der Waals surface area contributed by atoms with E-state index in [9.17, 15) is 19.8 Å². The topological polar surface area (TPSA) is 102 Å². The van der Waals surface area contributed by atoms with Crippen LogP contribution in [0.15, 0.2) is 0 Å². The second-order valence-corrected chi connectivity index (χ2v) is 10.4. The first kappa shape index (κ1) is 19.0. The first-order valence-corrected chi connectivity index (χ1v) is 10.4. The van der Waals surface area contributed by atoms with Crippen molar-refractivity contribution in [2.45, 2.75) is 58.0 Å². The predicted molar refractivity (Wildman–Crippen MR) is 95.8 cm³/mol. The van der Waals surface area contributed by atoms with Gasteiger partial charge >= 0.3 is 5.97 Å². The molecular formula is C21H30O7. The SMILES string of the molecule is COC[C@H]1C(=O)[C@]23C[C@@H]1C[C@@H](O)[C@H]2C12CO[C@@H](O)[C@@H]1C(C)(C)CC[C@@H]2OC3=O. The molecule has 2 saturated heterocycles. The van der Waals surface area contributed by atoms with Gasteiger partial charge in [-0.05, 0) is 37.0 Å². The van der Waals surface area contributed by atoms with Crippen LogP contribution in [0.25, 0.3) is 0 Å². The average molecular weight is 394 g/mol. The number of methoxy groups -OCH3 is 1. The predicted octanol–water partition coefficient (Wildman–Crippen LogP) is 0.902. The minimum Gasteiger partial charge on any atom is -0.461 e. The molecule has 3 aliphatic carbocycles. The fraction of sp³-hybridized carbons (Fsp3) is 0.905. The summed E-state index contributed by atoms with van der Waals surface area (Å²) in [6.07, 6.45) is 0.0922. The highest BCUT2D eigenvalue weighted by Gasteiger charge is 2.79. The molecule has 9 atom stereocenters. The lowest BCUT2D eigenvalue weighted by atomic mass is 9.43. The minimum atomic E-state index is -1.35. The van der Waals surface area contributed by atoms with E-state index in [2.05, 4.69) is 13.8 Å². The Morgan fingerprint density at radius 1 is 1.21 bits per heavy atom. The number of ketones is 1. The van der Waals surface area contributed by atoms with Crippen molar-refractivity contribution >= 4 is 11.8 Å². The third-order valence-corrected chi connectivity index (χ3v) is 8.79. The number of esters is 1. The summed E-state index contributed by atoms with van der Waals surface area (Å²) < 4.78 is 17.0. The second kappa shape index (κ2) is 5.78. The van der Waals surface area contributed by atoms with Gasteiger partial charge in [0.2, 0.25) is 0 Å². The van der Waals surface area contributed by atoms with Crippen LogP contribution >= 0.6 is 0 Å². The molecule has 0 radical (unpaired) electrons. The maximum atomic E-state index is 13.6. The highest BCUT2D eigenvalue weighted by molar-refractivity contribution is 6.08. The monoisotopic (exact) mass is 394 g/mol. The van der Waals surface area contributed by atoms with Gasteiger partial charge in [-0.25, -0.2) is 0 Å². The summed E-state index contributed by atoms with van der Waals surface area (Å²) in [6.45, 7) is 4.65. The molecule has 3 saturated carbocycles. The third kappa shape index (κ3) is 1.99. The molecule has 2 bridgehead atoms. The van der Waals surface area contributed by atoms with Crippen LogP contribution in [0.3, 0.4) is 0 Å². The minimum absolute atomic E-state index is 0.0819. The molecule has 2 heterocycles. The Balaban J connectivity index is 1.69. The van der Waals surface area contributed by atoms with Gasteiger partial charge in [0.05, 0.1) is 19.3 Å². The maximum Gasteiger partial charge on any atom is 0.320 e. The quantitative estimate of drug-likeness (QED) is 0.530. The molecule has 7 nitrogen and oxygen atoms in total.